The average Bonchev–Trinajstić information content (AvgIpc) is 3.02. The van der Waals surface area contributed by atoms with Gasteiger partial charge in [-0.15, -0.1) is 12.4 Å². The number of nitrogen functional groups attached to an aromatic ring is 1. The first-order valence-corrected chi connectivity index (χ1v) is 8.18. The molecule has 0 atom stereocenters. The van der Waals surface area contributed by atoms with Gasteiger partial charge < -0.3 is 20.7 Å². The van der Waals surface area contributed by atoms with Gasteiger partial charge >= 0.3 is 0 Å². The fraction of sp³-hybridized carbons (Fsp3) is 0.263. The molecular formula is C19H22ClN3O3. The molecule has 0 aliphatic carbocycles. The van der Waals surface area contributed by atoms with Gasteiger partial charge in [0.1, 0.15) is 5.75 Å². The minimum absolute atomic E-state index is 0. The van der Waals surface area contributed by atoms with Crippen LogP contribution >= 0.6 is 12.4 Å². The normalized spacial score (nSPS) is 13.3. The van der Waals surface area contributed by atoms with E-state index in [4.69, 9.17) is 10.5 Å². The molecule has 1 heterocycles. The number of nitrogens with one attached hydrogen (secondary N) is 1. The zero-order valence-corrected chi connectivity index (χ0v) is 15.3. The lowest BCUT2D eigenvalue weighted by Crippen LogP contribution is -2.23. The van der Waals surface area contributed by atoms with Crippen molar-refractivity contribution in [2.24, 2.45) is 0 Å². The molecule has 6 nitrogen and oxygen atoms in total. The number of carbonyl (C=O) groups excluding carboxylic acids is 2. The van der Waals surface area contributed by atoms with Gasteiger partial charge in [0.05, 0.1) is 18.5 Å². The fourth-order valence-electron chi connectivity index (χ4n) is 2.82. The van der Waals surface area contributed by atoms with Gasteiger partial charge in [0, 0.05) is 31.1 Å². The zero-order valence-electron chi connectivity index (χ0n) is 14.5. The van der Waals surface area contributed by atoms with Gasteiger partial charge in [-0.1, -0.05) is 12.1 Å². The van der Waals surface area contributed by atoms with E-state index >= 15 is 0 Å². The van der Waals surface area contributed by atoms with Crippen LogP contribution in [-0.2, 0) is 11.3 Å². The molecule has 3 N–H and O–H groups in total. The number of nitrogens with two attached hydrogens (primary N) is 1. The van der Waals surface area contributed by atoms with E-state index in [2.05, 4.69) is 5.32 Å². The second kappa shape index (κ2) is 8.58. The molecule has 0 bridgehead atoms. The highest BCUT2D eigenvalue weighted by Gasteiger charge is 2.20. The Morgan fingerprint density at radius 1 is 1.23 bits per heavy atom. The van der Waals surface area contributed by atoms with Gasteiger partial charge in [0.15, 0.2) is 0 Å². The lowest BCUT2D eigenvalue weighted by Gasteiger charge is -2.15. The highest BCUT2D eigenvalue weighted by molar-refractivity contribution is 6.05. The first-order valence-electron chi connectivity index (χ1n) is 8.18. The second-order valence-corrected chi connectivity index (χ2v) is 6.02. The van der Waals surface area contributed by atoms with Crippen molar-refractivity contribution in [2.45, 2.75) is 19.4 Å². The summed E-state index contributed by atoms with van der Waals surface area (Å²) in [7, 11) is 1.56. The van der Waals surface area contributed by atoms with Crippen molar-refractivity contribution in [1.29, 1.82) is 0 Å². The molecule has 3 rings (SSSR count). The fourth-order valence-corrected chi connectivity index (χ4v) is 2.82. The number of ether oxygens (including phenoxy) is 1. The van der Waals surface area contributed by atoms with E-state index in [9.17, 15) is 9.59 Å². The van der Waals surface area contributed by atoms with Crippen molar-refractivity contribution < 1.29 is 14.3 Å². The number of hydrogen-bond acceptors (Lipinski definition) is 4. The molecule has 0 radical (unpaired) electrons. The van der Waals surface area contributed by atoms with Crippen LogP contribution in [0, 0.1) is 0 Å². The number of halogens is 1. The smallest absolute Gasteiger partial charge is 0.255 e. The summed E-state index contributed by atoms with van der Waals surface area (Å²) in [5, 5.41) is 2.79. The van der Waals surface area contributed by atoms with E-state index in [0.29, 0.717) is 35.7 Å². The number of anilines is 2. The molecule has 1 aliphatic rings. The maximum absolute atomic E-state index is 12.4. The lowest BCUT2D eigenvalue weighted by molar-refractivity contribution is -0.128. The Bertz CT molecular complexity index is 793. The van der Waals surface area contributed by atoms with Crippen LogP contribution < -0.4 is 15.8 Å². The third kappa shape index (κ3) is 4.46. The van der Waals surface area contributed by atoms with Gasteiger partial charge in [0.25, 0.3) is 5.91 Å². The summed E-state index contributed by atoms with van der Waals surface area (Å²) < 4.78 is 5.15. The van der Waals surface area contributed by atoms with Crippen LogP contribution in [-0.4, -0.2) is 30.4 Å². The Kier molecular flexibility index (Phi) is 6.46. The maximum atomic E-state index is 12.4. The number of nitrogens with zero attached hydrogens (tertiary/aromatic N) is 1. The van der Waals surface area contributed by atoms with Crippen molar-refractivity contribution in [3.8, 4) is 5.75 Å². The maximum Gasteiger partial charge on any atom is 0.255 e. The third-order valence-corrected chi connectivity index (χ3v) is 4.27. The molecule has 0 saturated carbocycles. The first-order chi connectivity index (χ1) is 12.1. The molecule has 1 aliphatic heterocycles. The van der Waals surface area contributed by atoms with E-state index in [1.165, 1.54) is 0 Å². The molecule has 1 fully saturated rings. The van der Waals surface area contributed by atoms with E-state index in [1.807, 2.05) is 17.0 Å². The van der Waals surface area contributed by atoms with Gasteiger partial charge in [-0.05, 0) is 36.2 Å². The Morgan fingerprint density at radius 2 is 1.96 bits per heavy atom. The quantitative estimate of drug-likeness (QED) is 0.786. The Hall–Kier alpha value is -2.73. The summed E-state index contributed by atoms with van der Waals surface area (Å²) in [4.78, 5) is 25.9. The molecule has 138 valence electrons. The SMILES string of the molecule is COc1ccc(N)c(NC(=O)c2ccc(CN3CCCC3=O)cc2)c1.Cl. The number of rotatable bonds is 5. The van der Waals surface area contributed by atoms with Crippen LogP contribution in [0.2, 0.25) is 0 Å². The van der Waals surface area contributed by atoms with Crippen LogP contribution in [0.5, 0.6) is 5.75 Å². The van der Waals surface area contributed by atoms with Gasteiger partial charge in [-0.25, -0.2) is 0 Å². The predicted molar refractivity (Wildman–Crippen MR) is 104 cm³/mol. The Labute approximate surface area is 158 Å². The standard InChI is InChI=1S/C19H21N3O3.ClH/c1-25-15-8-9-16(20)17(11-15)21-19(24)14-6-4-13(5-7-14)12-22-10-2-3-18(22)23;/h4-9,11H,2-3,10,12,20H2,1H3,(H,21,24);1H. The van der Waals surface area contributed by atoms with Gasteiger partial charge in [-0.3, -0.25) is 9.59 Å². The van der Waals surface area contributed by atoms with E-state index in [1.54, 1.807) is 37.4 Å². The van der Waals surface area contributed by atoms with Crippen LogP contribution in [0.25, 0.3) is 0 Å². The number of methoxy groups -OCH3 is 1. The van der Waals surface area contributed by atoms with Crippen molar-refractivity contribution in [1.82, 2.24) is 4.90 Å². The summed E-state index contributed by atoms with van der Waals surface area (Å²) in [6.45, 7) is 1.39. The zero-order chi connectivity index (χ0) is 17.8. The van der Waals surface area contributed by atoms with Crippen LogP contribution in [0.15, 0.2) is 42.5 Å². The van der Waals surface area contributed by atoms with Crippen LogP contribution in [0.4, 0.5) is 11.4 Å². The van der Waals surface area contributed by atoms with Gasteiger partial charge in [-0.2, -0.15) is 0 Å². The molecule has 1 saturated heterocycles. The van der Waals surface area contributed by atoms with Crippen LogP contribution in [0.3, 0.4) is 0 Å². The molecule has 7 heteroatoms. The number of benzene rings is 2. The van der Waals surface area contributed by atoms with E-state index < -0.39 is 0 Å². The van der Waals surface area contributed by atoms with E-state index in [0.717, 1.165) is 18.5 Å². The minimum Gasteiger partial charge on any atom is -0.497 e. The summed E-state index contributed by atoms with van der Waals surface area (Å²) >= 11 is 0. The molecule has 0 spiro atoms. The summed E-state index contributed by atoms with van der Waals surface area (Å²) in [5.41, 5.74) is 8.41. The molecule has 26 heavy (non-hydrogen) atoms. The number of carbonyl (C=O) groups is 2. The first kappa shape index (κ1) is 19.6. The average molecular weight is 376 g/mol. The molecule has 0 unspecified atom stereocenters. The Morgan fingerprint density at radius 3 is 2.58 bits per heavy atom. The number of likely N-dealkylation sites (tertiary alicyclic amines) is 1. The molecule has 0 aromatic heterocycles. The van der Waals surface area contributed by atoms with Crippen molar-refractivity contribution in [3.05, 3.63) is 53.6 Å². The third-order valence-electron chi connectivity index (χ3n) is 4.27. The molecule has 2 aromatic rings. The number of amides is 2. The highest BCUT2D eigenvalue weighted by Crippen LogP contribution is 2.25. The van der Waals surface area contributed by atoms with E-state index in [-0.39, 0.29) is 24.2 Å². The van der Waals surface area contributed by atoms with Crippen LogP contribution in [0.1, 0.15) is 28.8 Å². The second-order valence-electron chi connectivity index (χ2n) is 6.02. The topological polar surface area (TPSA) is 84.7 Å². The number of hydrogen-bond donors (Lipinski definition) is 2. The predicted octanol–water partition coefficient (Wildman–Crippen LogP) is 3.07. The Balaban J connectivity index is 0.00000243. The monoisotopic (exact) mass is 375 g/mol. The summed E-state index contributed by atoms with van der Waals surface area (Å²) in [6, 6.07) is 12.3. The van der Waals surface area contributed by atoms with Gasteiger partial charge in [0.2, 0.25) is 5.91 Å². The molecule has 2 amide bonds. The lowest BCUT2D eigenvalue weighted by atomic mass is 10.1. The molecular weight excluding hydrogens is 354 g/mol. The van der Waals surface area contributed by atoms with Crippen molar-refractivity contribution >= 4 is 35.6 Å². The summed E-state index contributed by atoms with van der Waals surface area (Å²) in [6.07, 6.45) is 1.55. The van der Waals surface area contributed by atoms with Crippen molar-refractivity contribution in [2.75, 3.05) is 24.7 Å². The minimum atomic E-state index is -0.247. The summed E-state index contributed by atoms with van der Waals surface area (Å²) in [5.74, 6) is 0.564. The molecule has 2 aromatic carbocycles. The largest absolute Gasteiger partial charge is 0.497 e. The van der Waals surface area contributed by atoms with Crippen molar-refractivity contribution in [3.63, 3.8) is 0 Å². The highest BCUT2D eigenvalue weighted by atomic mass is 35.5.